The lowest BCUT2D eigenvalue weighted by atomic mass is 9.78. The second-order valence-electron chi connectivity index (χ2n) is 6.56. The van der Waals surface area contributed by atoms with Crippen molar-refractivity contribution in [1.29, 1.82) is 0 Å². The summed E-state index contributed by atoms with van der Waals surface area (Å²) < 4.78 is 12.1. The zero-order valence-corrected chi connectivity index (χ0v) is 16.0. The second kappa shape index (κ2) is 7.03. The van der Waals surface area contributed by atoms with Gasteiger partial charge in [0.15, 0.2) is 10.3 Å². The highest BCUT2D eigenvalue weighted by Crippen LogP contribution is 2.39. The van der Waals surface area contributed by atoms with Gasteiger partial charge in [-0.05, 0) is 39.2 Å². The molecule has 0 spiro atoms. The summed E-state index contributed by atoms with van der Waals surface area (Å²) in [5, 5.41) is 0.198. The van der Waals surface area contributed by atoms with E-state index in [0.717, 1.165) is 5.47 Å². The Bertz CT molecular complexity index is 666. The predicted molar refractivity (Wildman–Crippen MR) is 98.7 cm³/mol. The van der Waals surface area contributed by atoms with Gasteiger partial charge >= 0.3 is 7.12 Å². The number of nitrogens with zero attached hydrogens (tertiary/aromatic N) is 2. The molecule has 0 amide bonds. The molecule has 0 aliphatic carbocycles. The van der Waals surface area contributed by atoms with Gasteiger partial charge in [-0.3, -0.25) is 4.79 Å². The van der Waals surface area contributed by atoms with Crippen molar-refractivity contribution in [3.63, 3.8) is 0 Å². The lowest BCUT2D eigenvalue weighted by Gasteiger charge is -2.32. The summed E-state index contributed by atoms with van der Waals surface area (Å²) in [6.07, 6.45) is 3.17. The van der Waals surface area contributed by atoms with E-state index in [1.54, 1.807) is 6.08 Å². The first kappa shape index (κ1) is 19.2. The van der Waals surface area contributed by atoms with Crippen molar-refractivity contribution < 1.29 is 14.1 Å². The fourth-order valence-corrected chi connectivity index (χ4v) is 2.81. The molecule has 0 radical (unpaired) electrons. The average molecular weight is 370 g/mol. The first-order chi connectivity index (χ1) is 11.0. The van der Waals surface area contributed by atoms with E-state index < -0.39 is 18.3 Å². The molecular formula is C15H21BClN3O3S. The number of anilines is 1. The topological polar surface area (TPSA) is 87.3 Å². The van der Waals surface area contributed by atoms with E-state index in [2.05, 4.69) is 9.97 Å². The number of nitrogen functional groups attached to an aromatic ring is 1. The van der Waals surface area contributed by atoms with E-state index >= 15 is 0 Å². The third kappa shape index (κ3) is 4.30. The molecule has 0 atom stereocenters. The maximum absolute atomic E-state index is 11.4. The van der Waals surface area contributed by atoms with Crippen LogP contribution in [0, 0.1) is 0 Å². The van der Waals surface area contributed by atoms with Crippen LogP contribution in [0.1, 0.15) is 40.3 Å². The molecule has 9 heteroatoms. The Morgan fingerprint density at radius 3 is 2.46 bits per heavy atom. The number of rotatable bonds is 4. The molecule has 1 aromatic rings. The molecular weight excluding hydrogens is 349 g/mol. The van der Waals surface area contributed by atoms with Crippen molar-refractivity contribution in [3.8, 4) is 0 Å². The van der Waals surface area contributed by atoms with Gasteiger partial charge in [0, 0.05) is 12.7 Å². The van der Waals surface area contributed by atoms with Crippen LogP contribution in [0.15, 0.2) is 11.7 Å². The molecule has 1 aliphatic heterocycles. The molecule has 6 nitrogen and oxygen atoms in total. The average Bonchev–Trinajstić information content (AvgIpc) is 2.65. The van der Waals surface area contributed by atoms with Crippen molar-refractivity contribution >= 4 is 47.5 Å². The van der Waals surface area contributed by atoms with Gasteiger partial charge in [-0.2, -0.15) is 0 Å². The largest absolute Gasteiger partial charge is 0.491 e. The fourth-order valence-electron chi connectivity index (χ4n) is 2.02. The Labute approximate surface area is 151 Å². The molecule has 0 unspecified atom stereocenters. The number of aromatic nitrogens is 2. The quantitative estimate of drug-likeness (QED) is 0.816. The number of hydrogen-bond acceptors (Lipinski definition) is 7. The number of thioether (sulfide) groups is 1. The molecule has 2 N–H and O–H groups in total. The van der Waals surface area contributed by atoms with Crippen molar-refractivity contribution in [2.24, 2.45) is 0 Å². The van der Waals surface area contributed by atoms with Gasteiger partial charge in [0.1, 0.15) is 5.82 Å². The Kier molecular flexibility index (Phi) is 5.64. The SMILES string of the molecule is CC(=O)SCC(=Cc1ncc(N)nc1Cl)B1OC(C)(C)C(C)(C)O1. The van der Waals surface area contributed by atoms with Crippen LogP contribution in [0.25, 0.3) is 6.08 Å². The van der Waals surface area contributed by atoms with Gasteiger partial charge in [-0.15, -0.1) is 0 Å². The van der Waals surface area contributed by atoms with E-state index in [4.69, 9.17) is 26.6 Å². The summed E-state index contributed by atoms with van der Waals surface area (Å²) in [7, 11) is -0.586. The second-order valence-corrected chi connectivity index (χ2v) is 8.07. The number of halogens is 1. The van der Waals surface area contributed by atoms with Gasteiger partial charge in [-0.1, -0.05) is 23.4 Å². The van der Waals surface area contributed by atoms with E-state index in [0.29, 0.717) is 11.4 Å². The summed E-state index contributed by atoms with van der Waals surface area (Å²) >= 11 is 7.27. The van der Waals surface area contributed by atoms with Crippen LogP contribution in [-0.4, -0.2) is 39.2 Å². The molecule has 2 heterocycles. The fraction of sp³-hybridized carbons (Fsp3) is 0.533. The van der Waals surface area contributed by atoms with E-state index in [1.807, 2.05) is 27.7 Å². The molecule has 130 valence electrons. The van der Waals surface area contributed by atoms with Crippen LogP contribution < -0.4 is 5.73 Å². The van der Waals surface area contributed by atoms with Crippen LogP contribution in [0.3, 0.4) is 0 Å². The molecule has 1 aromatic heterocycles. The van der Waals surface area contributed by atoms with Crippen molar-refractivity contribution in [1.82, 2.24) is 9.97 Å². The number of carbonyl (C=O) groups excluding carboxylic acids is 1. The Morgan fingerprint density at radius 2 is 1.96 bits per heavy atom. The third-order valence-electron chi connectivity index (χ3n) is 4.09. The van der Waals surface area contributed by atoms with Gasteiger partial charge in [0.05, 0.1) is 23.1 Å². The summed E-state index contributed by atoms with van der Waals surface area (Å²) in [6.45, 7) is 9.40. The maximum Gasteiger partial charge on any atom is 0.491 e. The minimum Gasteiger partial charge on any atom is -0.400 e. The molecule has 1 aliphatic rings. The van der Waals surface area contributed by atoms with Crippen LogP contribution >= 0.6 is 23.4 Å². The van der Waals surface area contributed by atoms with Crippen molar-refractivity contribution in [2.75, 3.05) is 11.5 Å². The molecule has 1 fully saturated rings. The minimum absolute atomic E-state index is 0.00639. The molecule has 0 aromatic carbocycles. The van der Waals surface area contributed by atoms with Gasteiger partial charge in [0.2, 0.25) is 0 Å². The van der Waals surface area contributed by atoms with Crippen molar-refractivity contribution in [2.45, 2.75) is 45.8 Å². The van der Waals surface area contributed by atoms with E-state index in [-0.39, 0.29) is 16.1 Å². The van der Waals surface area contributed by atoms with E-state index in [1.165, 1.54) is 24.9 Å². The van der Waals surface area contributed by atoms with Crippen molar-refractivity contribution in [3.05, 3.63) is 22.5 Å². The number of hydrogen-bond donors (Lipinski definition) is 1. The summed E-state index contributed by atoms with van der Waals surface area (Å²) in [5.41, 5.74) is 5.83. The summed E-state index contributed by atoms with van der Waals surface area (Å²) in [4.78, 5) is 19.5. The number of carbonyl (C=O) groups is 1. The molecule has 0 bridgehead atoms. The zero-order chi connectivity index (χ0) is 18.1. The molecule has 2 rings (SSSR count). The highest BCUT2D eigenvalue weighted by molar-refractivity contribution is 8.13. The Hall–Kier alpha value is -1.09. The monoisotopic (exact) mass is 369 g/mol. The Balaban J connectivity index is 2.35. The van der Waals surface area contributed by atoms with Gasteiger partial charge in [0.25, 0.3) is 0 Å². The maximum atomic E-state index is 11.4. The van der Waals surface area contributed by atoms with Crippen LogP contribution in [0.2, 0.25) is 5.15 Å². The normalized spacial score (nSPS) is 19.6. The lowest BCUT2D eigenvalue weighted by molar-refractivity contribution is -0.109. The zero-order valence-electron chi connectivity index (χ0n) is 14.4. The molecule has 1 saturated heterocycles. The lowest BCUT2D eigenvalue weighted by Crippen LogP contribution is -2.41. The van der Waals surface area contributed by atoms with Gasteiger partial charge < -0.3 is 15.0 Å². The standard InChI is InChI=1S/C15H21BClN3O3S/c1-9(21)24-8-10(6-11-13(17)20-12(18)7-19-11)16-22-14(2,3)15(4,5)23-16/h6-7H,8H2,1-5H3,(H2,18,20). The molecule has 24 heavy (non-hydrogen) atoms. The minimum atomic E-state index is -0.586. The smallest absolute Gasteiger partial charge is 0.400 e. The highest BCUT2D eigenvalue weighted by atomic mass is 35.5. The third-order valence-corrected chi connectivity index (χ3v) is 5.26. The molecule has 0 saturated carbocycles. The Morgan fingerprint density at radius 1 is 1.38 bits per heavy atom. The summed E-state index contributed by atoms with van der Waals surface area (Å²) in [6, 6.07) is 0. The first-order valence-electron chi connectivity index (χ1n) is 7.49. The highest BCUT2D eigenvalue weighted by Gasteiger charge is 2.52. The number of nitrogens with two attached hydrogens (primary N) is 1. The van der Waals surface area contributed by atoms with E-state index in [9.17, 15) is 4.79 Å². The summed E-state index contributed by atoms with van der Waals surface area (Å²) in [5.74, 6) is 0.654. The first-order valence-corrected chi connectivity index (χ1v) is 8.86. The predicted octanol–water partition coefficient (Wildman–Crippen LogP) is 3.01. The van der Waals surface area contributed by atoms with Crippen LogP contribution in [0.4, 0.5) is 5.82 Å². The van der Waals surface area contributed by atoms with Crippen LogP contribution in [0.5, 0.6) is 0 Å². The van der Waals surface area contributed by atoms with Gasteiger partial charge in [-0.25, -0.2) is 9.97 Å². The van der Waals surface area contributed by atoms with Crippen LogP contribution in [-0.2, 0) is 14.1 Å².